The Kier molecular flexibility index (Phi) is 4.29. The van der Waals surface area contributed by atoms with Crippen molar-refractivity contribution >= 4 is 18.2 Å². The Labute approximate surface area is 96.3 Å². The third-order valence-electron chi connectivity index (χ3n) is 2.77. The first-order chi connectivity index (χ1) is 6.81. The number of anilines is 1. The van der Waals surface area contributed by atoms with E-state index in [2.05, 4.69) is 14.9 Å². The Morgan fingerprint density at radius 3 is 2.80 bits per heavy atom. The predicted molar refractivity (Wildman–Crippen MR) is 63.4 cm³/mol. The van der Waals surface area contributed by atoms with Crippen molar-refractivity contribution in [3.63, 3.8) is 0 Å². The van der Waals surface area contributed by atoms with Gasteiger partial charge in [0.2, 0.25) is 0 Å². The van der Waals surface area contributed by atoms with E-state index in [-0.39, 0.29) is 12.4 Å². The van der Waals surface area contributed by atoms with Crippen LogP contribution in [-0.2, 0) is 0 Å². The van der Waals surface area contributed by atoms with Crippen LogP contribution in [0.5, 0.6) is 0 Å². The van der Waals surface area contributed by atoms with E-state index in [1.165, 1.54) is 6.42 Å². The molecule has 15 heavy (non-hydrogen) atoms. The van der Waals surface area contributed by atoms with Crippen LogP contribution in [0.1, 0.15) is 12.1 Å². The lowest BCUT2D eigenvalue weighted by Gasteiger charge is -2.18. The van der Waals surface area contributed by atoms with Crippen LogP contribution in [0.25, 0.3) is 0 Å². The molecule has 2 N–H and O–H groups in total. The zero-order valence-corrected chi connectivity index (χ0v) is 9.70. The molecule has 1 aromatic heterocycles. The topological polar surface area (TPSA) is 55.0 Å². The van der Waals surface area contributed by atoms with E-state index >= 15 is 0 Å². The molecule has 0 amide bonds. The smallest absolute Gasteiger partial charge is 0.150 e. The summed E-state index contributed by atoms with van der Waals surface area (Å²) in [5, 5.41) is 0. The molecular weight excluding hydrogens is 212 g/mol. The van der Waals surface area contributed by atoms with Gasteiger partial charge in [0.05, 0.1) is 5.69 Å². The number of nitrogens with zero attached hydrogens (tertiary/aromatic N) is 3. The van der Waals surface area contributed by atoms with Crippen LogP contribution in [0.4, 0.5) is 5.82 Å². The Hall–Kier alpha value is -0.870. The molecule has 0 saturated carbocycles. The second kappa shape index (κ2) is 5.28. The van der Waals surface area contributed by atoms with Crippen molar-refractivity contribution < 1.29 is 0 Å². The SMILES string of the molecule is Cc1nccnc1N1CCC(CN)C1.Cl. The largest absolute Gasteiger partial charge is 0.355 e. The summed E-state index contributed by atoms with van der Waals surface area (Å²) in [5.74, 6) is 1.64. The maximum atomic E-state index is 5.65. The summed E-state index contributed by atoms with van der Waals surface area (Å²) < 4.78 is 0. The molecule has 4 nitrogen and oxygen atoms in total. The predicted octanol–water partition coefficient (Wildman–Crippen LogP) is 0.992. The van der Waals surface area contributed by atoms with Crippen LogP contribution in [-0.4, -0.2) is 29.6 Å². The van der Waals surface area contributed by atoms with Crippen LogP contribution in [0.3, 0.4) is 0 Å². The molecule has 0 aliphatic carbocycles. The average molecular weight is 229 g/mol. The monoisotopic (exact) mass is 228 g/mol. The van der Waals surface area contributed by atoms with E-state index < -0.39 is 0 Å². The third-order valence-corrected chi connectivity index (χ3v) is 2.77. The minimum atomic E-state index is 0. The van der Waals surface area contributed by atoms with E-state index in [4.69, 9.17) is 5.73 Å². The van der Waals surface area contributed by atoms with E-state index in [9.17, 15) is 0 Å². The highest BCUT2D eigenvalue weighted by Crippen LogP contribution is 2.22. The molecule has 1 aliphatic heterocycles. The number of aromatic nitrogens is 2. The van der Waals surface area contributed by atoms with E-state index in [0.717, 1.165) is 31.1 Å². The van der Waals surface area contributed by atoms with Crippen LogP contribution in [0.2, 0.25) is 0 Å². The number of hydrogen-bond acceptors (Lipinski definition) is 4. The Morgan fingerprint density at radius 1 is 1.47 bits per heavy atom. The van der Waals surface area contributed by atoms with Gasteiger partial charge in [-0.1, -0.05) is 0 Å². The lowest BCUT2D eigenvalue weighted by molar-refractivity contribution is 0.602. The molecule has 84 valence electrons. The molecule has 2 rings (SSSR count). The fraction of sp³-hybridized carbons (Fsp3) is 0.600. The molecule has 0 aromatic carbocycles. The van der Waals surface area contributed by atoms with Gasteiger partial charge in [0.1, 0.15) is 5.82 Å². The number of aryl methyl sites for hydroxylation is 1. The highest BCUT2D eigenvalue weighted by molar-refractivity contribution is 5.85. The summed E-state index contributed by atoms with van der Waals surface area (Å²) in [4.78, 5) is 10.9. The minimum absolute atomic E-state index is 0. The summed E-state index contributed by atoms with van der Waals surface area (Å²) in [6.45, 7) is 4.85. The summed E-state index contributed by atoms with van der Waals surface area (Å²) >= 11 is 0. The van der Waals surface area contributed by atoms with Gasteiger partial charge in [-0.2, -0.15) is 0 Å². The summed E-state index contributed by atoms with van der Waals surface area (Å²) in [6, 6.07) is 0. The summed E-state index contributed by atoms with van der Waals surface area (Å²) in [7, 11) is 0. The normalized spacial score (nSPS) is 20.1. The molecule has 1 saturated heterocycles. The van der Waals surface area contributed by atoms with E-state index in [1.54, 1.807) is 12.4 Å². The first-order valence-corrected chi connectivity index (χ1v) is 5.04. The minimum Gasteiger partial charge on any atom is -0.355 e. The number of nitrogens with two attached hydrogens (primary N) is 1. The van der Waals surface area contributed by atoms with Gasteiger partial charge in [-0.25, -0.2) is 4.98 Å². The molecule has 1 aliphatic rings. The lowest BCUT2D eigenvalue weighted by atomic mass is 10.1. The third kappa shape index (κ3) is 2.58. The van der Waals surface area contributed by atoms with Gasteiger partial charge < -0.3 is 10.6 Å². The Morgan fingerprint density at radius 2 is 2.20 bits per heavy atom. The van der Waals surface area contributed by atoms with Gasteiger partial charge in [-0.05, 0) is 25.8 Å². The average Bonchev–Trinajstić information content (AvgIpc) is 2.67. The van der Waals surface area contributed by atoms with Gasteiger partial charge in [-0.15, -0.1) is 12.4 Å². The molecule has 1 aromatic rings. The molecular formula is C10H17ClN4. The number of hydrogen-bond donors (Lipinski definition) is 1. The van der Waals surface area contributed by atoms with Crippen molar-refractivity contribution in [1.29, 1.82) is 0 Å². The molecule has 1 fully saturated rings. The zero-order valence-electron chi connectivity index (χ0n) is 8.89. The number of rotatable bonds is 2. The van der Waals surface area contributed by atoms with Crippen molar-refractivity contribution in [3.8, 4) is 0 Å². The summed E-state index contributed by atoms with van der Waals surface area (Å²) in [5.41, 5.74) is 6.65. The van der Waals surface area contributed by atoms with Crippen molar-refractivity contribution in [2.45, 2.75) is 13.3 Å². The molecule has 0 spiro atoms. The fourth-order valence-electron chi connectivity index (χ4n) is 1.93. The van der Waals surface area contributed by atoms with Crippen molar-refractivity contribution in [3.05, 3.63) is 18.1 Å². The van der Waals surface area contributed by atoms with Crippen molar-refractivity contribution in [1.82, 2.24) is 9.97 Å². The van der Waals surface area contributed by atoms with Gasteiger partial charge in [0, 0.05) is 25.5 Å². The van der Waals surface area contributed by atoms with Gasteiger partial charge >= 0.3 is 0 Å². The van der Waals surface area contributed by atoms with Crippen LogP contribution in [0, 0.1) is 12.8 Å². The molecule has 5 heteroatoms. The van der Waals surface area contributed by atoms with Gasteiger partial charge in [0.15, 0.2) is 0 Å². The highest BCUT2D eigenvalue weighted by atomic mass is 35.5. The molecule has 2 heterocycles. The van der Waals surface area contributed by atoms with Crippen LogP contribution < -0.4 is 10.6 Å². The summed E-state index contributed by atoms with van der Waals surface area (Å²) in [6.07, 6.45) is 4.65. The van der Waals surface area contributed by atoms with Crippen molar-refractivity contribution in [2.75, 3.05) is 24.5 Å². The maximum Gasteiger partial charge on any atom is 0.150 e. The van der Waals surface area contributed by atoms with E-state index in [0.29, 0.717) is 5.92 Å². The maximum absolute atomic E-state index is 5.65. The number of halogens is 1. The first-order valence-electron chi connectivity index (χ1n) is 5.04. The first kappa shape index (κ1) is 12.2. The molecule has 1 atom stereocenters. The standard InChI is InChI=1S/C10H16N4.ClH/c1-8-10(13-4-3-12-8)14-5-2-9(6-11)7-14;/h3-4,9H,2,5-7,11H2,1H3;1H. The van der Waals surface area contributed by atoms with Crippen LogP contribution in [0.15, 0.2) is 12.4 Å². The molecule has 0 radical (unpaired) electrons. The van der Waals surface area contributed by atoms with E-state index in [1.807, 2.05) is 6.92 Å². The van der Waals surface area contributed by atoms with Gasteiger partial charge in [0.25, 0.3) is 0 Å². The Bertz CT molecular complexity index is 318. The Balaban J connectivity index is 0.00000112. The second-order valence-corrected chi connectivity index (χ2v) is 3.80. The van der Waals surface area contributed by atoms with Gasteiger partial charge in [-0.3, -0.25) is 4.98 Å². The fourth-order valence-corrected chi connectivity index (χ4v) is 1.93. The van der Waals surface area contributed by atoms with Crippen molar-refractivity contribution in [2.24, 2.45) is 11.7 Å². The molecule has 1 unspecified atom stereocenters. The second-order valence-electron chi connectivity index (χ2n) is 3.80. The molecule has 0 bridgehead atoms. The zero-order chi connectivity index (χ0) is 9.97. The quantitative estimate of drug-likeness (QED) is 0.821. The van der Waals surface area contributed by atoms with Crippen LogP contribution >= 0.6 is 12.4 Å². The lowest BCUT2D eigenvalue weighted by Crippen LogP contribution is -2.24. The highest BCUT2D eigenvalue weighted by Gasteiger charge is 2.23.